The summed E-state index contributed by atoms with van der Waals surface area (Å²) >= 11 is 0. The van der Waals surface area contributed by atoms with Crippen molar-refractivity contribution in [2.75, 3.05) is 11.9 Å². The molecule has 0 aliphatic heterocycles. The Labute approximate surface area is 119 Å². The van der Waals surface area contributed by atoms with E-state index in [-0.39, 0.29) is 5.82 Å². The maximum Gasteiger partial charge on any atom is 0.134 e. The van der Waals surface area contributed by atoms with E-state index in [0.29, 0.717) is 11.3 Å². The van der Waals surface area contributed by atoms with Crippen LogP contribution in [-0.4, -0.2) is 11.5 Å². The normalized spacial score (nSPS) is 15.9. The molecule has 20 heavy (non-hydrogen) atoms. The van der Waals surface area contributed by atoms with Crippen molar-refractivity contribution in [1.29, 1.82) is 0 Å². The van der Waals surface area contributed by atoms with Gasteiger partial charge in [0.15, 0.2) is 0 Å². The number of anilines is 1. The molecule has 3 rings (SSSR count). The van der Waals surface area contributed by atoms with E-state index >= 15 is 0 Å². The quantitative estimate of drug-likeness (QED) is 0.870. The Balaban J connectivity index is 2.21. The van der Waals surface area contributed by atoms with Crippen LogP contribution in [0.2, 0.25) is 0 Å². The number of aryl methyl sites for hydroxylation is 1. The fourth-order valence-corrected chi connectivity index (χ4v) is 3.21. The van der Waals surface area contributed by atoms with Gasteiger partial charge in [-0.05, 0) is 44.4 Å². The van der Waals surface area contributed by atoms with Crippen molar-refractivity contribution >= 4 is 16.6 Å². The topological polar surface area (TPSA) is 24.9 Å². The first-order valence-electron chi connectivity index (χ1n) is 7.54. The van der Waals surface area contributed by atoms with E-state index in [9.17, 15) is 4.39 Å². The van der Waals surface area contributed by atoms with Gasteiger partial charge in [-0.25, -0.2) is 4.39 Å². The molecule has 106 valence electrons. The lowest BCUT2D eigenvalue weighted by Crippen LogP contribution is -2.04. The Morgan fingerprint density at radius 2 is 2.05 bits per heavy atom. The Morgan fingerprint density at radius 1 is 1.30 bits per heavy atom. The van der Waals surface area contributed by atoms with Crippen LogP contribution in [-0.2, 0) is 0 Å². The Kier molecular flexibility index (Phi) is 3.60. The maximum absolute atomic E-state index is 14.2. The number of benzene rings is 1. The van der Waals surface area contributed by atoms with Crippen LogP contribution in [0.3, 0.4) is 0 Å². The lowest BCUT2D eigenvalue weighted by molar-refractivity contribution is 0.638. The maximum atomic E-state index is 14.2. The van der Waals surface area contributed by atoms with Gasteiger partial charge in [0.05, 0.1) is 10.9 Å². The van der Waals surface area contributed by atoms with E-state index in [0.717, 1.165) is 29.0 Å². The summed E-state index contributed by atoms with van der Waals surface area (Å²) in [7, 11) is 0. The summed E-state index contributed by atoms with van der Waals surface area (Å²) in [5, 5.41) is 3.94. The molecule has 2 nitrogen and oxygen atoms in total. The zero-order valence-electron chi connectivity index (χ0n) is 12.2. The van der Waals surface area contributed by atoms with Crippen LogP contribution in [0.4, 0.5) is 10.1 Å². The lowest BCUT2D eigenvalue weighted by atomic mass is 10.00. The van der Waals surface area contributed by atoms with Crippen molar-refractivity contribution in [3.63, 3.8) is 0 Å². The number of aromatic nitrogens is 1. The van der Waals surface area contributed by atoms with E-state index in [1.807, 2.05) is 19.9 Å². The fourth-order valence-electron chi connectivity index (χ4n) is 3.21. The van der Waals surface area contributed by atoms with Gasteiger partial charge in [-0.15, -0.1) is 0 Å². The minimum Gasteiger partial charge on any atom is -0.385 e. The third kappa shape index (κ3) is 2.26. The van der Waals surface area contributed by atoms with Crippen LogP contribution in [0.25, 0.3) is 10.9 Å². The molecule has 0 amide bonds. The number of halogens is 1. The number of pyridine rings is 1. The van der Waals surface area contributed by atoms with Gasteiger partial charge in [-0.2, -0.15) is 0 Å². The highest BCUT2D eigenvalue weighted by molar-refractivity contribution is 5.94. The Morgan fingerprint density at radius 3 is 2.75 bits per heavy atom. The highest BCUT2D eigenvalue weighted by atomic mass is 19.1. The molecule has 1 N–H and O–H groups in total. The monoisotopic (exact) mass is 272 g/mol. The molecule has 0 bridgehead atoms. The minimum atomic E-state index is -0.188. The summed E-state index contributed by atoms with van der Waals surface area (Å²) in [6.07, 6.45) is 4.98. The molecule has 1 fully saturated rings. The lowest BCUT2D eigenvalue weighted by Gasteiger charge is -2.16. The summed E-state index contributed by atoms with van der Waals surface area (Å²) in [4.78, 5) is 4.78. The standard InChI is InChI=1S/C17H21FN2/c1-3-19-15-10-14(12-6-4-5-7-12)20-17-11(2)8-9-13(18)16(15)17/h8-10,12H,3-7H2,1-2H3,(H,19,20). The average Bonchev–Trinajstić information content (AvgIpc) is 2.97. The van der Waals surface area contributed by atoms with Crippen molar-refractivity contribution in [1.82, 2.24) is 4.98 Å². The molecule has 3 heteroatoms. The number of hydrogen-bond acceptors (Lipinski definition) is 2. The third-order valence-electron chi connectivity index (χ3n) is 4.27. The number of hydrogen-bond donors (Lipinski definition) is 1. The molecule has 0 unspecified atom stereocenters. The fraction of sp³-hybridized carbons (Fsp3) is 0.471. The molecule has 2 aromatic rings. The van der Waals surface area contributed by atoms with Crippen LogP contribution in [0.5, 0.6) is 0 Å². The van der Waals surface area contributed by atoms with E-state index in [2.05, 4.69) is 11.4 Å². The second kappa shape index (κ2) is 5.39. The molecule has 0 atom stereocenters. The van der Waals surface area contributed by atoms with Crippen LogP contribution in [0, 0.1) is 12.7 Å². The zero-order valence-corrected chi connectivity index (χ0v) is 12.2. The molecule has 1 aromatic heterocycles. The molecule has 1 aromatic carbocycles. The molecule has 0 saturated heterocycles. The van der Waals surface area contributed by atoms with Gasteiger partial charge in [0.25, 0.3) is 0 Å². The second-order valence-electron chi connectivity index (χ2n) is 5.69. The number of fused-ring (bicyclic) bond motifs is 1. The predicted molar refractivity (Wildman–Crippen MR) is 81.8 cm³/mol. The summed E-state index contributed by atoms with van der Waals surface area (Å²) in [5.74, 6) is 0.353. The zero-order chi connectivity index (χ0) is 14.1. The molecule has 1 heterocycles. The van der Waals surface area contributed by atoms with E-state index in [1.165, 1.54) is 31.7 Å². The molecule has 1 aliphatic carbocycles. The third-order valence-corrected chi connectivity index (χ3v) is 4.27. The van der Waals surface area contributed by atoms with Gasteiger partial charge < -0.3 is 5.32 Å². The minimum absolute atomic E-state index is 0.188. The van der Waals surface area contributed by atoms with E-state index in [1.54, 1.807) is 0 Å². The first-order chi connectivity index (χ1) is 9.70. The van der Waals surface area contributed by atoms with Crippen LogP contribution >= 0.6 is 0 Å². The van der Waals surface area contributed by atoms with Crippen LogP contribution in [0.15, 0.2) is 18.2 Å². The first kappa shape index (κ1) is 13.3. The summed E-state index contributed by atoms with van der Waals surface area (Å²) in [5.41, 5.74) is 3.87. The SMILES string of the molecule is CCNc1cc(C2CCCC2)nc2c(C)ccc(F)c12. The number of rotatable bonds is 3. The van der Waals surface area contributed by atoms with E-state index in [4.69, 9.17) is 4.98 Å². The van der Waals surface area contributed by atoms with Gasteiger partial charge >= 0.3 is 0 Å². The van der Waals surface area contributed by atoms with Crippen LogP contribution < -0.4 is 5.32 Å². The first-order valence-corrected chi connectivity index (χ1v) is 7.54. The summed E-state index contributed by atoms with van der Waals surface area (Å²) in [6, 6.07) is 5.42. The van der Waals surface area contributed by atoms with Gasteiger partial charge in [0.2, 0.25) is 0 Å². The van der Waals surface area contributed by atoms with Crippen molar-refractivity contribution in [3.8, 4) is 0 Å². The highest BCUT2D eigenvalue weighted by Gasteiger charge is 2.21. The van der Waals surface area contributed by atoms with Gasteiger partial charge in [0, 0.05) is 23.8 Å². The highest BCUT2D eigenvalue weighted by Crippen LogP contribution is 2.37. The molecule has 1 saturated carbocycles. The number of nitrogens with zero attached hydrogens (tertiary/aromatic N) is 1. The molecule has 0 radical (unpaired) electrons. The Hall–Kier alpha value is -1.64. The molecule has 1 aliphatic rings. The largest absolute Gasteiger partial charge is 0.385 e. The van der Waals surface area contributed by atoms with Crippen LogP contribution in [0.1, 0.15) is 49.8 Å². The van der Waals surface area contributed by atoms with Gasteiger partial charge in [0.1, 0.15) is 5.82 Å². The predicted octanol–water partition coefficient (Wildman–Crippen LogP) is 4.77. The smallest absolute Gasteiger partial charge is 0.134 e. The van der Waals surface area contributed by atoms with Crippen molar-refractivity contribution in [2.45, 2.75) is 45.4 Å². The molecular weight excluding hydrogens is 251 g/mol. The van der Waals surface area contributed by atoms with E-state index < -0.39 is 0 Å². The second-order valence-corrected chi connectivity index (χ2v) is 5.69. The summed E-state index contributed by atoms with van der Waals surface area (Å²) < 4.78 is 14.2. The van der Waals surface area contributed by atoms with Crippen molar-refractivity contribution < 1.29 is 4.39 Å². The summed E-state index contributed by atoms with van der Waals surface area (Å²) in [6.45, 7) is 4.83. The Bertz CT molecular complexity index is 630. The van der Waals surface area contributed by atoms with Crippen molar-refractivity contribution in [3.05, 3.63) is 35.3 Å². The van der Waals surface area contributed by atoms with Crippen molar-refractivity contribution in [2.24, 2.45) is 0 Å². The average molecular weight is 272 g/mol. The number of nitrogens with one attached hydrogen (secondary N) is 1. The van der Waals surface area contributed by atoms with Gasteiger partial charge in [-0.1, -0.05) is 18.9 Å². The van der Waals surface area contributed by atoms with Gasteiger partial charge in [-0.3, -0.25) is 4.98 Å². The molecule has 0 spiro atoms. The molecular formula is C17H21FN2.